The van der Waals surface area contributed by atoms with Gasteiger partial charge in [0.05, 0.1) is 45.6 Å². The van der Waals surface area contributed by atoms with Crippen molar-refractivity contribution >= 4 is 31.0 Å². The highest BCUT2D eigenvalue weighted by Gasteiger charge is 2.11. The summed E-state index contributed by atoms with van der Waals surface area (Å²) in [5, 5.41) is 0. The number of halogens is 1. The largest absolute Gasteiger partial charge is 0.347 e. The van der Waals surface area contributed by atoms with Crippen molar-refractivity contribution in [2.45, 2.75) is 0 Å². The van der Waals surface area contributed by atoms with Gasteiger partial charge in [-0.1, -0.05) is 0 Å². The van der Waals surface area contributed by atoms with E-state index in [2.05, 4.69) is 20.0 Å². The Balaban J connectivity index is 0.000000814. The first-order valence-electron chi connectivity index (χ1n) is 8.12. The molecule has 26 heavy (non-hydrogen) atoms. The first kappa shape index (κ1) is 16.1. The standard InChI is InChI=1S/C20H12N4.BFH2/c1-2-14-10-16-5-6-18(23-16)12-20-8-7-19(24-20)11-17-4-3-15(22-17)9-13(1)21-14;1-2/h1-12H;1H2. The Morgan fingerprint density at radius 3 is 0.885 bits per heavy atom. The van der Waals surface area contributed by atoms with E-state index in [1.165, 1.54) is 0 Å². The summed E-state index contributed by atoms with van der Waals surface area (Å²) < 4.78 is 9.50. The maximum atomic E-state index is 9.50. The number of hydrogen-bond donors (Lipinski definition) is 0. The molecule has 0 fully saturated rings. The van der Waals surface area contributed by atoms with Crippen LogP contribution in [0.2, 0.25) is 0 Å². The highest BCUT2D eigenvalue weighted by molar-refractivity contribution is 6.14. The van der Waals surface area contributed by atoms with E-state index in [1.807, 2.05) is 72.9 Å². The van der Waals surface area contributed by atoms with Crippen LogP contribution in [0.25, 0.3) is 0 Å². The number of nitrogens with zero attached hydrogens (tertiary/aromatic N) is 4. The minimum atomic E-state index is 0.500. The van der Waals surface area contributed by atoms with Crippen LogP contribution in [0.4, 0.5) is 4.32 Å². The van der Waals surface area contributed by atoms with Gasteiger partial charge in [0.1, 0.15) is 0 Å². The van der Waals surface area contributed by atoms with Gasteiger partial charge in [-0.3, -0.25) is 0 Å². The lowest BCUT2D eigenvalue weighted by atomic mass is 10.2. The van der Waals surface area contributed by atoms with Gasteiger partial charge in [-0.15, -0.1) is 0 Å². The monoisotopic (exact) mass is 340 g/mol. The molecule has 0 aromatic heterocycles. The van der Waals surface area contributed by atoms with E-state index >= 15 is 0 Å². The molecule has 0 N–H and O–H groups in total. The molecular weight excluding hydrogens is 326 g/mol. The first-order valence-corrected chi connectivity index (χ1v) is 8.12. The van der Waals surface area contributed by atoms with Crippen molar-refractivity contribution in [3.8, 4) is 0 Å². The third-order valence-electron chi connectivity index (χ3n) is 3.92. The molecule has 0 saturated heterocycles. The summed E-state index contributed by atoms with van der Waals surface area (Å²) in [6.07, 6.45) is 23.8. The number of fused-ring (bicyclic) bond motifs is 4. The molecule has 0 radical (unpaired) electrons. The Morgan fingerprint density at radius 1 is 0.423 bits per heavy atom. The molecule has 4 nitrogen and oxygen atoms in total. The zero-order valence-corrected chi connectivity index (χ0v) is 14.1. The van der Waals surface area contributed by atoms with Crippen LogP contribution in [0.3, 0.4) is 0 Å². The fourth-order valence-electron chi connectivity index (χ4n) is 2.83. The Morgan fingerprint density at radius 2 is 0.654 bits per heavy atom. The topological polar surface area (TPSA) is 49.4 Å². The molecule has 8 bridgehead atoms. The Labute approximate surface area is 151 Å². The van der Waals surface area contributed by atoms with Gasteiger partial charge in [-0.05, 0) is 72.9 Å². The number of aliphatic imine (C=N–C) groups is 4. The van der Waals surface area contributed by atoms with E-state index in [4.69, 9.17) is 0 Å². The highest BCUT2D eigenvalue weighted by atomic mass is 19.1. The molecule has 5 heterocycles. The summed E-state index contributed by atoms with van der Waals surface area (Å²) in [4.78, 5) is 18.4. The maximum absolute atomic E-state index is 9.50. The summed E-state index contributed by atoms with van der Waals surface area (Å²) in [6, 6.07) is 0. The van der Waals surface area contributed by atoms with Gasteiger partial charge in [0.2, 0.25) is 0 Å². The lowest BCUT2D eigenvalue weighted by molar-refractivity contribution is 0.902. The van der Waals surface area contributed by atoms with E-state index in [0.29, 0.717) is 8.12 Å². The lowest BCUT2D eigenvalue weighted by Gasteiger charge is -1.94. The van der Waals surface area contributed by atoms with Crippen molar-refractivity contribution in [2.75, 3.05) is 0 Å². The minimum absolute atomic E-state index is 0.500. The van der Waals surface area contributed by atoms with Crippen molar-refractivity contribution in [1.82, 2.24) is 0 Å². The number of rotatable bonds is 0. The fourth-order valence-corrected chi connectivity index (χ4v) is 2.83. The fraction of sp³-hybridized carbons (Fsp3) is 0. The van der Waals surface area contributed by atoms with Gasteiger partial charge in [0.25, 0.3) is 0 Å². The predicted molar refractivity (Wildman–Crippen MR) is 108 cm³/mol. The van der Waals surface area contributed by atoms with Crippen molar-refractivity contribution in [1.29, 1.82) is 0 Å². The van der Waals surface area contributed by atoms with Crippen molar-refractivity contribution < 1.29 is 4.32 Å². The molecule has 0 unspecified atom stereocenters. The maximum Gasteiger partial charge on any atom is 0.314 e. The second-order valence-corrected chi connectivity index (χ2v) is 5.76. The summed E-state index contributed by atoms with van der Waals surface area (Å²) in [5.41, 5.74) is 7.15. The molecule has 5 aliphatic rings. The second kappa shape index (κ2) is 6.84. The van der Waals surface area contributed by atoms with Gasteiger partial charge < -0.3 is 4.32 Å². The third kappa shape index (κ3) is 3.35. The zero-order valence-electron chi connectivity index (χ0n) is 14.1. The van der Waals surface area contributed by atoms with Crippen LogP contribution in [-0.2, 0) is 0 Å². The van der Waals surface area contributed by atoms with Crippen molar-refractivity contribution in [3.05, 3.63) is 95.7 Å². The molecule has 0 atom stereocenters. The normalized spacial score (nSPS) is 21.1. The third-order valence-corrected chi connectivity index (χ3v) is 3.92. The van der Waals surface area contributed by atoms with Crippen LogP contribution in [0.1, 0.15) is 0 Å². The average Bonchev–Trinajstić information content (AvgIpc) is 3.42. The predicted octanol–water partition coefficient (Wildman–Crippen LogP) is 3.08. The molecule has 0 aliphatic carbocycles. The smallest absolute Gasteiger partial charge is 0.314 e. The number of hydrogen-bond acceptors (Lipinski definition) is 4. The molecule has 0 spiro atoms. The van der Waals surface area contributed by atoms with E-state index in [0.717, 1.165) is 45.6 Å². The Bertz CT molecular complexity index is 854. The Hall–Kier alpha value is -3.41. The molecule has 0 saturated carbocycles. The van der Waals surface area contributed by atoms with E-state index < -0.39 is 0 Å². The van der Waals surface area contributed by atoms with E-state index in [-0.39, 0.29) is 0 Å². The quantitative estimate of drug-likeness (QED) is 0.609. The van der Waals surface area contributed by atoms with Crippen molar-refractivity contribution in [2.24, 2.45) is 20.0 Å². The van der Waals surface area contributed by atoms with Gasteiger partial charge in [-0.2, -0.15) is 0 Å². The van der Waals surface area contributed by atoms with Crippen LogP contribution in [0, 0.1) is 0 Å². The summed E-state index contributed by atoms with van der Waals surface area (Å²) in [5.74, 6) is 0. The average molecular weight is 340 g/mol. The van der Waals surface area contributed by atoms with Gasteiger partial charge >= 0.3 is 8.12 Å². The molecule has 124 valence electrons. The van der Waals surface area contributed by atoms with Gasteiger partial charge in [-0.25, -0.2) is 20.0 Å². The zero-order chi connectivity index (χ0) is 17.9. The van der Waals surface area contributed by atoms with Crippen LogP contribution in [0.15, 0.2) is 116 Å². The second-order valence-electron chi connectivity index (χ2n) is 5.76. The minimum Gasteiger partial charge on any atom is -0.347 e. The summed E-state index contributed by atoms with van der Waals surface area (Å²) in [7, 11) is 0.500. The molecule has 5 aliphatic heterocycles. The lowest BCUT2D eigenvalue weighted by Crippen LogP contribution is -1.89. The SMILES string of the molecule is BF.C1=CC2=NC1=CC1=NC(=CC3=NC(=CC4=NC(=C2)C=C4)C=C3)C=C1. The summed E-state index contributed by atoms with van der Waals surface area (Å²) >= 11 is 0. The van der Waals surface area contributed by atoms with Crippen LogP contribution < -0.4 is 0 Å². The first-order chi connectivity index (χ1) is 12.8. The molecule has 0 aromatic rings. The summed E-state index contributed by atoms with van der Waals surface area (Å²) in [6.45, 7) is 0. The molecule has 6 heteroatoms. The molecule has 0 aromatic carbocycles. The van der Waals surface area contributed by atoms with Gasteiger partial charge in [0.15, 0.2) is 0 Å². The van der Waals surface area contributed by atoms with E-state index in [1.54, 1.807) is 0 Å². The van der Waals surface area contributed by atoms with Crippen LogP contribution in [0.5, 0.6) is 0 Å². The Kier molecular flexibility index (Phi) is 4.23. The molecule has 0 amide bonds. The van der Waals surface area contributed by atoms with Gasteiger partial charge in [0, 0.05) is 0 Å². The number of allylic oxidation sites excluding steroid dienone is 12. The molecule has 5 rings (SSSR count). The highest BCUT2D eigenvalue weighted by Crippen LogP contribution is 2.20. The van der Waals surface area contributed by atoms with E-state index in [9.17, 15) is 4.32 Å². The van der Waals surface area contributed by atoms with Crippen molar-refractivity contribution in [3.63, 3.8) is 0 Å². The molecular formula is C20H14BFN4. The van der Waals surface area contributed by atoms with Crippen LogP contribution in [-0.4, -0.2) is 31.0 Å². The van der Waals surface area contributed by atoms with Crippen LogP contribution >= 0.6 is 0 Å².